The number of hydrogen-bond acceptors (Lipinski definition) is 7. The van der Waals surface area contributed by atoms with E-state index in [-0.39, 0.29) is 0 Å². The van der Waals surface area contributed by atoms with E-state index in [4.69, 9.17) is 0 Å². The van der Waals surface area contributed by atoms with E-state index in [2.05, 4.69) is 20.1 Å². The van der Waals surface area contributed by atoms with E-state index in [1.165, 1.54) is 0 Å². The molecule has 3 rings (SSSR count). The molecule has 0 saturated carbocycles. The molecule has 2 aromatic carbocycles. The molecule has 1 N–H and O–H groups in total. The van der Waals surface area contributed by atoms with Crippen LogP contribution in [0.2, 0.25) is 0 Å². The Morgan fingerprint density at radius 1 is 1.07 bits per heavy atom. The second-order valence-corrected chi connectivity index (χ2v) is 5.63. The third-order valence-electron chi connectivity index (χ3n) is 3.72. The van der Waals surface area contributed by atoms with Gasteiger partial charge in [-0.2, -0.15) is 14.9 Å². The number of hydrogen-bond donors (Lipinski definition) is 1. The Hall–Kier alpha value is -3.81. The summed E-state index contributed by atoms with van der Waals surface area (Å²) >= 11 is 0. The highest BCUT2D eigenvalue weighted by atomic mass is 16.5. The predicted molar refractivity (Wildman–Crippen MR) is 98.2 cm³/mol. The zero-order valence-electron chi connectivity index (χ0n) is 14.7. The fourth-order valence-corrected chi connectivity index (χ4v) is 2.29. The normalized spacial score (nSPS) is 10.9. The van der Waals surface area contributed by atoms with Crippen LogP contribution in [0.5, 0.6) is 5.75 Å². The van der Waals surface area contributed by atoms with Crippen molar-refractivity contribution < 1.29 is 14.6 Å². The minimum absolute atomic E-state index is 0.402. The lowest BCUT2D eigenvalue weighted by molar-refractivity contribution is 0.0588. The lowest BCUT2D eigenvalue weighted by Crippen LogP contribution is -2.24. The molecule has 3 aromatic rings. The number of nitrogens with zero attached hydrogens (tertiary/aromatic N) is 4. The number of rotatable bonds is 4. The topological polar surface area (TPSA) is 106 Å². The van der Waals surface area contributed by atoms with Crippen LogP contribution >= 0.6 is 0 Å². The maximum Gasteiger partial charge on any atom is 0.362 e. The van der Waals surface area contributed by atoms with Crippen LogP contribution in [0.25, 0.3) is 5.69 Å². The summed E-state index contributed by atoms with van der Waals surface area (Å²) in [6, 6.07) is 15.6. The lowest BCUT2D eigenvalue weighted by atomic mass is 10.2. The fraction of sp³-hybridized carbons (Fsp3) is 0.105. The molecule has 0 aliphatic rings. The number of benzene rings is 2. The molecule has 0 amide bonds. The Balaban J connectivity index is 2.18. The van der Waals surface area contributed by atoms with E-state index >= 15 is 0 Å². The van der Waals surface area contributed by atoms with E-state index < -0.39 is 28.7 Å². The molecule has 0 saturated heterocycles. The highest BCUT2D eigenvalue weighted by Gasteiger charge is 2.23. The van der Waals surface area contributed by atoms with Gasteiger partial charge in [0.2, 0.25) is 5.69 Å². The van der Waals surface area contributed by atoms with Crippen LogP contribution in [0.15, 0.2) is 69.6 Å². The second-order valence-electron chi connectivity index (χ2n) is 5.63. The van der Waals surface area contributed by atoms with Crippen LogP contribution in [0.4, 0.5) is 11.4 Å². The zero-order valence-corrected chi connectivity index (χ0v) is 14.7. The van der Waals surface area contributed by atoms with Crippen LogP contribution < -0.4 is 5.56 Å². The summed E-state index contributed by atoms with van der Waals surface area (Å²) in [6.07, 6.45) is 0. The van der Waals surface area contributed by atoms with Gasteiger partial charge < -0.3 is 9.84 Å². The van der Waals surface area contributed by atoms with Gasteiger partial charge >= 0.3 is 11.5 Å². The number of aromatic hydroxyl groups is 1. The van der Waals surface area contributed by atoms with Crippen molar-refractivity contribution in [3.05, 3.63) is 76.2 Å². The largest absolute Gasteiger partial charge is 0.503 e. The molecule has 0 aliphatic heterocycles. The lowest BCUT2D eigenvalue weighted by Gasteiger charge is -2.09. The number of azo groups is 1. The molecule has 27 heavy (non-hydrogen) atoms. The number of aromatic nitrogens is 2. The summed E-state index contributed by atoms with van der Waals surface area (Å²) in [5.41, 5.74) is 0.373. The third kappa shape index (κ3) is 3.74. The summed E-state index contributed by atoms with van der Waals surface area (Å²) < 4.78 is 5.60. The van der Waals surface area contributed by atoms with Gasteiger partial charge in [-0.15, -0.1) is 5.11 Å². The van der Waals surface area contributed by atoms with Gasteiger partial charge in [0.05, 0.1) is 18.5 Å². The van der Waals surface area contributed by atoms with Crippen molar-refractivity contribution in [2.24, 2.45) is 10.2 Å². The Morgan fingerprint density at radius 2 is 1.74 bits per heavy atom. The van der Waals surface area contributed by atoms with Gasteiger partial charge in [-0.3, -0.25) is 4.79 Å². The molecule has 136 valence electrons. The average molecular weight is 364 g/mol. The molecule has 0 spiro atoms. The highest BCUT2D eigenvalue weighted by molar-refractivity contribution is 5.91. The summed E-state index contributed by atoms with van der Waals surface area (Å²) in [7, 11) is 1.15. The minimum atomic E-state index is -0.899. The zero-order chi connectivity index (χ0) is 19.4. The first-order valence-corrected chi connectivity index (χ1v) is 7.99. The van der Waals surface area contributed by atoms with E-state index in [1.807, 2.05) is 19.1 Å². The number of ether oxygens (including phenoxy) is 1. The van der Waals surface area contributed by atoms with Gasteiger partial charge in [0.25, 0.3) is 0 Å². The molecule has 8 heteroatoms. The average Bonchev–Trinajstić information content (AvgIpc) is 2.69. The van der Waals surface area contributed by atoms with Crippen molar-refractivity contribution in [1.82, 2.24) is 9.78 Å². The van der Waals surface area contributed by atoms with Gasteiger partial charge in [0.15, 0.2) is 11.4 Å². The number of methoxy groups -OCH3 is 1. The monoisotopic (exact) mass is 364 g/mol. The van der Waals surface area contributed by atoms with Gasteiger partial charge in [-0.25, -0.2) is 4.79 Å². The maximum absolute atomic E-state index is 12.8. The number of esters is 1. The standard InChI is InChI=1S/C19H16N4O4/c1-12-8-10-13(11-9-12)20-21-15-17(24)16(19(26)27-2)22-23(18(15)25)14-6-4-3-5-7-14/h3-11,24H,1-2H3. The molecule has 0 radical (unpaired) electrons. The van der Waals surface area contributed by atoms with Crippen molar-refractivity contribution in [3.63, 3.8) is 0 Å². The summed E-state index contributed by atoms with van der Waals surface area (Å²) in [6.45, 7) is 1.93. The predicted octanol–water partition coefficient (Wildman–Crippen LogP) is 3.45. The number of para-hydroxylation sites is 1. The quantitative estimate of drug-likeness (QED) is 0.564. The Bertz CT molecular complexity index is 1060. The Labute approximate surface area is 154 Å². The molecule has 1 heterocycles. The molecule has 0 aliphatic carbocycles. The van der Waals surface area contributed by atoms with E-state index in [0.29, 0.717) is 11.4 Å². The molecule has 8 nitrogen and oxygen atoms in total. The smallest absolute Gasteiger partial charge is 0.362 e. The maximum atomic E-state index is 12.8. The Morgan fingerprint density at radius 3 is 2.37 bits per heavy atom. The fourth-order valence-electron chi connectivity index (χ4n) is 2.29. The van der Waals surface area contributed by atoms with Crippen molar-refractivity contribution in [2.75, 3.05) is 7.11 Å². The molecular weight excluding hydrogens is 348 g/mol. The number of carbonyl (C=O) groups excluding carboxylic acids is 1. The van der Waals surface area contributed by atoms with Crippen LogP contribution in [-0.4, -0.2) is 28.0 Å². The highest BCUT2D eigenvalue weighted by Crippen LogP contribution is 2.28. The van der Waals surface area contributed by atoms with Gasteiger partial charge in [0, 0.05) is 0 Å². The Kier molecular flexibility index (Phi) is 5.07. The molecule has 0 atom stereocenters. The molecule has 0 unspecified atom stereocenters. The summed E-state index contributed by atoms with van der Waals surface area (Å²) in [4.78, 5) is 24.7. The van der Waals surface area contributed by atoms with Crippen molar-refractivity contribution in [2.45, 2.75) is 6.92 Å². The minimum Gasteiger partial charge on any atom is -0.503 e. The van der Waals surface area contributed by atoms with Crippen molar-refractivity contribution in [3.8, 4) is 11.4 Å². The van der Waals surface area contributed by atoms with Crippen LogP contribution in [0, 0.1) is 6.92 Å². The van der Waals surface area contributed by atoms with Gasteiger partial charge in [-0.05, 0) is 31.2 Å². The van der Waals surface area contributed by atoms with Gasteiger partial charge in [0.1, 0.15) is 0 Å². The first-order chi connectivity index (χ1) is 13.0. The number of aryl methyl sites for hydroxylation is 1. The molecule has 0 bridgehead atoms. The number of carbonyl (C=O) groups is 1. The SMILES string of the molecule is COC(=O)c1nn(-c2ccccc2)c(=O)c(N=Nc2ccc(C)cc2)c1O. The van der Waals surface area contributed by atoms with Crippen LogP contribution in [0.3, 0.4) is 0 Å². The molecule has 1 aromatic heterocycles. The second kappa shape index (κ2) is 7.61. The van der Waals surface area contributed by atoms with E-state index in [1.54, 1.807) is 42.5 Å². The van der Waals surface area contributed by atoms with Crippen molar-refractivity contribution >= 4 is 17.3 Å². The van der Waals surface area contributed by atoms with E-state index in [9.17, 15) is 14.7 Å². The first-order valence-electron chi connectivity index (χ1n) is 7.99. The first kappa shape index (κ1) is 18.0. The van der Waals surface area contributed by atoms with Crippen molar-refractivity contribution in [1.29, 1.82) is 0 Å². The van der Waals surface area contributed by atoms with Gasteiger partial charge in [-0.1, -0.05) is 35.9 Å². The molecular formula is C19H16N4O4. The van der Waals surface area contributed by atoms with E-state index in [0.717, 1.165) is 17.4 Å². The van der Waals surface area contributed by atoms with Crippen LogP contribution in [-0.2, 0) is 4.74 Å². The molecule has 0 fully saturated rings. The summed E-state index contributed by atoms with van der Waals surface area (Å²) in [5.74, 6) is -1.58. The third-order valence-corrected chi connectivity index (χ3v) is 3.72. The van der Waals surface area contributed by atoms with Crippen LogP contribution in [0.1, 0.15) is 16.1 Å². The summed E-state index contributed by atoms with van der Waals surface area (Å²) in [5, 5.41) is 22.1.